The third kappa shape index (κ3) is 3.66. The van der Waals surface area contributed by atoms with Crippen LogP contribution in [0.2, 0.25) is 0 Å². The maximum absolute atomic E-state index is 11.9. The highest BCUT2D eigenvalue weighted by atomic mass is 31.1. The van der Waals surface area contributed by atoms with Crippen LogP contribution in [-0.2, 0) is 4.79 Å². The van der Waals surface area contributed by atoms with Crippen LogP contribution in [0.1, 0.15) is 13.3 Å². The van der Waals surface area contributed by atoms with E-state index < -0.39 is 10.9 Å². The predicted molar refractivity (Wildman–Crippen MR) is 89.4 cm³/mol. The summed E-state index contributed by atoms with van der Waals surface area (Å²) in [5.41, 5.74) is 0. The summed E-state index contributed by atoms with van der Waals surface area (Å²) in [6.45, 7) is 1.97. The highest BCUT2D eigenvalue weighted by Gasteiger charge is 2.37. The second-order valence-corrected chi connectivity index (χ2v) is 8.41. The van der Waals surface area contributed by atoms with Crippen molar-refractivity contribution in [2.24, 2.45) is 0 Å². The molecule has 1 N–H and O–H groups in total. The van der Waals surface area contributed by atoms with Gasteiger partial charge in [0.2, 0.25) is 0 Å². The standard InChI is InChI=1S/C16H18O2P2/c1-2-16(15(17)18,19-13-9-5-3-6-10-13)20-14-11-7-4-8-12-14/h3-12,19-20H,2H2,1H3,(H,17,18). The van der Waals surface area contributed by atoms with E-state index in [9.17, 15) is 9.90 Å². The van der Waals surface area contributed by atoms with Crippen molar-refractivity contribution in [2.75, 3.05) is 0 Å². The zero-order valence-electron chi connectivity index (χ0n) is 11.3. The van der Waals surface area contributed by atoms with E-state index in [0.29, 0.717) is 6.42 Å². The first-order valence-electron chi connectivity index (χ1n) is 6.56. The maximum Gasteiger partial charge on any atom is 0.318 e. The molecule has 0 spiro atoms. The normalized spacial score (nSPS) is 14.8. The van der Waals surface area contributed by atoms with Crippen molar-refractivity contribution in [3.63, 3.8) is 0 Å². The first-order chi connectivity index (χ1) is 9.66. The fourth-order valence-electron chi connectivity index (χ4n) is 2.00. The summed E-state index contributed by atoms with van der Waals surface area (Å²) in [5, 5.41) is 12.0. The van der Waals surface area contributed by atoms with Gasteiger partial charge >= 0.3 is 5.97 Å². The summed E-state index contributed by atoms with van der Waals surface area (Å²) in [7, 11) is 0.569. The van der Waals surface area contributed by atoms with Crippen molar-refractivity contribution in [2.45, 2.75) is 18.2 Å². The second kappa shape index (κ2) is 6.97. The number of hydrogen-bond donors (Lipinski definition) is 1. The minimum absolute atomic E-state index is 0.285. The highest BCUT2D eigenvalue weighted by molar-refractivity contribution is 7.68. The quantitative estimate of drug-likeness (QED) is 0.832. The van der Waals surface area contributed by atoms with Crippen molar-refractivity contribution >= 4 is 33.7 Å². The van der Waals surface area contributed by atoms with Crippen LogP contribution in [-0.4, -0.2) is 16.0 Å². The van der Waals surface area contributed by atoms with Crippen LogP contribution in [0.15, 0.2) is 60.7 Å². The lowest BCUT2D eigenvalue weighted by Gasteiger charge is -2.28. The molecular formula is C16H18O2P2. The van der Waals surface area contributed by atoms with Gasteiger partial charge in [-0.25, -0.2) is 0 Å². The number of benzene rings is 2. The van der Waals surface area contributed by atoms with Gasteiger partial charge in [-0.1, -0.05) is 84.7 Å². The molecule has 2 aromatic carbocycles. The van der Waals surface area contributed by atoms with Crippen molar-refractivity contribution in [1.29, 1.82) is 0 Å². The van der Waals surface area contributed by atoms with Gasteiger partial charge in [0.15, 0.2) is 0 Å². The Morgan fingerprint density at radius 2 is 1.35 bits per heavy atom. The maximum atomic E-state index is 11.9. The molecule has 2 unspecified atom stereocenters. The molecule has 0 heterocycles. The first kappa shape index (κ1) is 15.2. The van der Waals surface area contributed by atoms with Crippen molar-refractivity contribution in [1.82, 2.24) is 0 Å². The SMILES string of the molecule is CCC(Pc1ccccc1)(Pc1ccccc1)C(=O)O. The van der Waals surface area contributed by atoms with Crippen LogP contribution in [0.3, 0.4) is 0 Å². The van der Waals surface area contributed by atoms with E-state index in [1.54, 1.807) is 0 Å². The van der Waals surface area contributed by atoms with Crippen LogP contribution >= 0.6 is 17.2 Å². The van der Waals surface area contributed by atoms with Crippen molar-refractivity contribution in [3.05, 3.63) is 60.7 Å². The predicted octanol–water partition coefficient (Wildman–Crippen LogP) is 3.19. The first-order valence-corrected chi connectivity index (χ1v) is 8.56. The molecule has 104 valence electrons. The minimum Gasteiger partial charge on any atom is -0.480 e. The molecule has 0 radical (unpaired) electrons. The summed E-state index contributed by atoms with van der Waals surface area (Å²) in [4.78, 5) is 11.2. The Bertz CT molecular complexity index is 514. The number of carboxylic acid groups (broad SMARTS) is 1. The molecule has 2 aromatic rings. The molecule has 0 aromatic heterocycles. The molecular weight excluding hydrogens is 286 g/mol. The summed E-state index contributed by atoms with van der Waals surface area (Å²) >= 11 is 0. The molecule has 0 aliphatic rings. The van der Waals surface area contributed by atoms with Gasteiger partial charge in [0.25, 0.3) is 0 Å². The van der Waals surface area contributed by atoms with Gasteiger partial charge in [-0.3, -0.25) is 4.79 Å². The lowest BCUT2D eigenvalue weighted by molar-refractivity contribution is -0.137. The summed E-state index contributed by atoms with van der Waals surface area (Å²) in [5.74, 6) is -0.690. The second-order valence-electron chi connectivity index (χ2n) is 4.55. The van der Waals surface area contributed by atoms with Gasteiger partial charge in [0.1, 0.15) is 4.90 Å². The van der Waals surface area contributed by atoms with Gasteiger partial charge in [-0.15, -0.1) is 0 Å². The lowest BCUT2D eigenvalue weighted by atomic mass is 10.3. The molecule has 0 saturated carbocycles. The number of rotatable bonds is 6. The Hall–Kier alpha value is -1.23. The monoisotopic (exact) mass is 304 g/mol. The third-order valence-electron chi connectivity index (χ3n) is 3.16. The van der Waals surface area contributed by atoms with Crippen LogP contribution in [0.25, 0.3) is 0 Å². The largest absolute Gasteiger partial charge is 0.480 e. The zero-order chi connectivity index (χ0) is 14.4. The lowest BCUT2D eigenvalue weighted by Crippen LogP contribution is -2.32. The molecule has 0 bridgehead atoms. The summed E-state index contributed by atoms with van der Waals surface area (Å²) in [6, 6.07) is 19.9. The number of carboxylic acids is 1. The number of hydrogen-bond acceptors (Lipinski definition) is 1. The molecule has 2 atom stereocenters. The van der Waals surface area contributed by atoms with E-state index in [0.717, 1.165) is 10.6 Å². The fourth-order valence-corrected chi connectivity index (χ4v) is 5.39. The van der Waals surface area contributed by atoms with Crippen LogP contribution in [0, 0.1) is 0 Å². The van der Waals surface area contributed by atoms with Crippen molar-refractivity contribution < 1.29 is 9.90 Å². The molecule has 0 aliphatic heterocycles. The van der Waals surface area contributed by atoms with E-state index in [-0.39, 0.29) is 17.2 Å². The number of aliphatic carboxylic acids is 1. The number of carbonyl (C=O) groups is 1. The molecule has 0 amide bonds. The smallest absolute Gasteiger partial charge is 0.318 e. The molecule has 0 fully saturated rings. The average Bonchev–Trinajstić information content (AvgIpc) is 2.48. The van der Waals surface area contributed by atoms with E-state index >= 15 is 0 Å². The van der Waals surface area contributed by atoms with E-state index in [2.05, 4.69) is 0 Å². The molecule has 0 saturated heterocycles. The topological polar surface area (TPSA) is 37.3 Å². The molecule has 4 heteroatoms. The van der Waals surface area contributed by atoms with E-state index in [1.807, 2.05) is 67.6 Å². The minimum atomic E-state index is -0.690. The Morgan fingerprint density at radius 3 is 1.65 bits per heavy atom. The van der Waals surface area contributed by atoms with Crippen LogP contribution in [0.4, 0.5) is 0 Å². The van der Waals surface area contributed by atoms with Gasteiger partial charge in [-0.2, -0.15) is 0 Å². The van der Waals surface area contributed by atoms with Gasteiger partial charge in [-0.05, 0) is 17.0 Å². The van der Waals surface area contributed by atoms with E-state index in [4.69, 9.17) is 0 Å². The van der Waals surface area contributed by atoms with E-state index in [1.165, 1.54) is 0 Å². The summed E-state index contributed by atoms with van der Waals surface area (Å²) < 4.78 is 0. The summed E-state index contributed by atoms with van der Waals surface area (Å²) in [6.07, 6.45) is 0.642. The average molecular weight is 304 g/mol. The van der Waals surface area contributed by atoms with Crippen molar-refractivity contribution in [3.8, 4) is 0 Å². The Balaban J connectivity index is 2.28. The zero-order valence-corrected chi connectivity index (χ0v) is 13.3. The fraction of sp³-hybridized carbons (Fsp3) is 0.188. The Labute approximate surface area is 123 Å². The molecule has 2 nitrogen and oxygen atoms in total. The third-order valence-corrected chi connectivity index (χ3v) is 7.14. The van der Waals surface area contributed by atoms with Crippen LogP contribution in [0.5, 0.6) is 0 Å². The van der Waals surface area contributed by atoms with Gasteiger partial charge < -0.3 is 5.11 Å². The van der Waals surface area contributed by atoms with Gasteiger partial charge in [0, 0.05) is 0 Å². The molecule has 2 rings (SSSR count). The molecule has 0 aliphatic carbocycles. The molecule has 20 heavy (non-hydrogen) atoms. The van der Waals surface area contributed by atoms with Crippen LogP contribution < -0.4 is 10.6 Å². The van der Waals surface area contributed by atoms with Gasteiger partial charge in [0.05, 0.1) is 0 Å². The highest BCUT2D eigenvalue weighted by Crippen LogP contribution is 2.48. The Morgan fingerprint density at radius 1 is 0.950 bits per heavy atom. The Kier molecular flexibility index (Phi) is 5.29.